The highest BCUT2D eigenvalue weighted by molar-refractivity contribution is 6.56. The highest BCUT2D eigenvalue weighted by atomic mass is 35.5. The van der Waals surface area contributed by atoms with Crippen LogP contribution in [0.1, 0.15) is 5.56 Å². The number of halogens is 1. The summed E-state index contributed by atoms with van der Waals surface area (Å²) >= 11 is 5.64. The number of oxazole rings is 1. The number of nitrogens with zero attached hydrogens (tertiary/aromatic N) is 1. The fourth-order valence-corrected chi connectivity index (χ4v) is 1.35. The Balaban J connectivity index is 2.54. The molecule has 0 bridgehead atoms. The summed E-state index contributed by atoms with van der Waals surface area (Å²) in [4.78, 5) is 3.90. The van der Waals surface area contributed by atoms with Crippen molar-refractivity contribution in [1.29, 1.82) is 0 Å². The molecule has 0 amide bonds. The van der Waals surface area contributed by atoms with E-state index in [4.69, 9.17) is 26.1 Å². The molecule has 14 heavy (non-hydrogen) atoms. The van der Waals surface area contributed by atoms with Crippen LogP contribution < -0.4 is 5.79 Å². The summed E-state index contributed by atoms with van der Waals surface area (Å²) in [7, 11) is -1.68. The van der Waals surface area contributed by atoms with Gasteiger partial charge in [-0.15, -0.1) is 11.6 Å². The lowest BCUT2D eigenvalue weighted by molar-refractivity contribution is 0.409. The Morgan fingerprint density at radius 1 is 1.43 bits per heavy atom. The SMILES string of the molecule is OB(O)c1nc2cc(CCl)ccc2o1. The number of hydrogen-bond acceptors (Lipinski definition) is 4. The van der Waals surface area contributed by atoms with Crippen molar-refractivity contribution < 1.29 is 14.5 Å². The van der Waals surface area contributed by atoms with Gasteiger partial charge in [0.1, 0.15) is 5.52 Å². The molecule has 0 unspecified atom stereocenters. The van der Waals surface area contributed by atoms with E-state index >= 15 is 0 Å². The standard InChI is InChI=1S/C8H7BClNO3/c10-4-5-1-2-7-6(3-5)11-8(14-7)9(12)13/h1-3,12-13H,4H2. The maximum absolute atomic E-state index is 8.82. The molecule has 0 radical (unpaired) electrons. The van der Waals surface area contributed by atoms with Gasteiger partial charge in [0.05, 0.1) is 0 Å². The number of alkyl halides is 1. The molecule has 0 atom stereocenters. The molecule has 0 fully saturated rings. The summed E-state index contributed by atoms with van der Waals surface area (Å²) in [6, 6.07) is 5.25. The van der Waals surface area contributed by atoms with Crippen LogP contribution in [0.2, 0.25) is 0 Å². The molecule has 0 saturated heterocycles. The largest absolute Gasteiger partial charge is 0.548 e. The van der Waals surface area contributed by atoms with Gasteiger partial charge in [-0.3, -0.25) is 0 Å². The van der Waals surface area contributed by atoms with E-state index in [-0.39, 0.29) is 5.79 Å². The zero-order valence-corrected chi connectivity index (χ0v) is 7.90. The van der Waals surface area contributed by atoms with Crippen LogP contribution in [0.4, 0.5) is 0 Å². The van der Waals surface area contributed by atoms with Crippen LogP contribution >= 0.6 is 11.6 Å². The minimum Gasteiger partial charge on any atom is -0.444 e. The zero-order valence-electron chi connectivity index (χ0n) is 7.14. The van der Waals surface area contributed by atoms with E-state index in [1.807, 2.05) is 0 Å². The summed E-state index contributed by atoms with van der Waals surface area (Å²) in [5, 5.41) is 17.6. The molecule has 72 valence electrons. The van der Waals surface area contributed by atoms with E-state index in [0.29, 0.717) is 17.0 Å². The smallest absolute Gasteiger partial charge is 0.444 e. The van der Waals surface area contributed by atoms with Crippen molar-refractivity contribution in [3.05, 3.63) is 23.8 Å². The molecule has 0 spiro atoms. The van der Waals surface area contributed by atoms with Crippen molar-refractivity contribution in [3.63, 3.8) is 0 Å². The molecule has 0 aliphatic heterocycles. The Labute approximate surface area is 85.3 Å². The summed E-state index contributed by atoms with van der Waals surface area (Å²) < 4.78 is 5.07. The van der Waals surface area contributed by atoms with Crippen LogP contribution in [-0.4, -0.2) is 22.2 Å². The average Bonchev–Trinajstić information content (AvgIpc) is 2.59. The molecular formula is C8H7BClNO3. The van der Waals surface area contributed by atoms with Crippen molar-refractivity contribution in [2.24, 2.45) is 0 Å². The third kappa shape index (κ3) is 1.62. The number of rotatable bonds is 2. The minimum atomic E-state index is -1.68. The normalized spacial score (nSPS) is 10.8. The second kappa shape index (κ2) is 3.61. The van der Waals surface area contributed by atoms with Gasteiger partial charge >= 0.3 is 7.12 Å². The first kappa shape index (κ1) is 9.52. The van der Waals surface area contributed by atoms with E-state index in [1.54, 1.807) is 18.2 Å². The third-order valence-corrected chi connectivity index (χ3v) is 2.15. The highest BCUT2D eigenvalue weighted by Crippen LogP contribution is 2.14. The Bertz CT molecular complexity index is 457. The molecule has 4 nitrogen and oxygen atoms in total. The Morgan fingerprint density at radius 2 is 2.21 bits per heavy atom. The molecule has 1 heterocycles. The maximum Gasteiger partial charge on any atom is 0.548 e. The molecule has 2 N–H and O–H groups in total. The van der Waals surface area contributed by atoms with E-state index in [9.17, 15) is 0 Å². The number of aromatic nitrogens is 1. The van der Waals surface area contributed by atoms with Crippen molar-refractivity contribution in [1.82, 2.24) is 4.98 Å². The predicted octanol–water partition coefficient (Wildman–Crippen LogP) is 0.246. The van der Waals surface area contributed by atoms with Gasteiger partial charge in [0.25, 0.3) is 0 Å². The minimum absolute atomic E-state index is 0.105. The van der Waals surface area contributed by atoms with E-state index < -0.39 is 7.12 Å². The Hall–Kier alpha value is -1.04. The lowest BCUT2D eigenvalue weighted by Gasteiger charge is -1.91. The van der Waals surface area contributed by atoms with Gasteiger partial charge in [0.2, 0.25) is 5.79 Å². The fourth-order valence-electron chi connectivity index (χ4n) is 1.18. The molecule has 2 aromatic rings. The summed E-state index contributed by atoms with van der Waals surface area (Å²) in [5.74, 6) is 0.284. The second-order valence-electron chi connectivity index (χ2n) is 2.86. The van der Waals surface area contributed by atoms with Crippen molar-refractivity contribution >= 4 is 35.6 Å². The average molecular weight is 211 g/mol. The number of benzene rings is 1. The maximum atomic E-state index is 8.82. The number of fused-ring (bicyclic) bond motifs is 1. The van der Waals surface area contributed by atoms with Crippen molar-refractivity contribution in [2.45, 2.75) is 5.88 Å². The molecule has 1 aromatic carbocycles. The first-order valence-corrected chi connectivity index (χ1v) is 4.55. The van der Waals surface area contributed by atoms with Gasteiger partial charge in [-0.1, -0.05) is 6.07 Å². The monoisotopic (exact) mass is 211 g/mol. The van der Waals surface area contributed by atoms with Gasteiger partial charge < -0.3 is 14.5 Å². The van der Waals surface area contributed by atoms with Crippen LogP contribution in [0.15, 0.2) is 22.6 Å². The summed E-state index contributed by atoms with van der Waals surface area (Å²) in [5.41, 5.74) is 2.00. The summed E-state index contributed by atoms with van der Waals surface area (Å²) in [6.45, 7) is 0. The quantitative estimate of drug-likeness (QED) is 0.552. The predicted molar refractivity (Wildman–Crippen MR) is 53.4 cm³/mol. The van der Waals surface area contributed by atoms with E-state index in [2.05, 4.69) is 4.98 Å². The topological polar surface area (TPSA) is 66.5 Å². The van der Waals surface area contributed by atoms with Crippen LogP contribution in [0.25, 0.3) is 11.1 Å². The molecule has 0 aliphatic carbocycles. The second-order valence-corrected chi connectivity index (χ2v) is 3.13. The fraction of sp³-hybridized carbons (Fsp3) is 0.125. The van der Waals surface area contributed by atoms with Gasteiger partial charge in [0, 0.05) is 5.88 Å². The van der Waals surface area contributed by atoms with Crippen molar-refractivity contribution in [2.75, 3.05) is 0 Å². The Kier molecular flexibility index (Phi) is 2.45. The van der Waals surface area contributed by atoms with Crippen LogP contribution in [0, 0.1) is 0 Å². The van der Waals surface area contributed by atoms with Gasteiger partial charge in [-0.05, 0) is 17.7 Å². The molecule has 1 aromatic heterocycles. The highest BCUT2D eigenvalue weighted by Gasteiger charge is 2.19. The number of hydrogen-bond donors (Lipinski definition) is 2. The van der Waals surface area contributed by atoms with Gasteiger partial charge in [-0.25, -0.2) is 4.98 Å². The van der Waals surface area contributed by atoms with Gasteiger partial charge in [-0.2, -0.15) is 0 Å². The van der Waals surface area contributed by atoms with E-state index in [1.165, 1.54) is 0 Å². The lowest BCUT2D eigenvalue weighted by atomic mass is 9.93. The third-order valence-electron chi connectivity index (χ3n) is 1.84. The van der Waals surface area contributed by atoms with Crippen LogP contribution in [0.3, 0.4) is 0 Å². The van der Waals surface area contributed by atoms with Crippen LogP contribution in [0.5, 0.6) is 0 Å². The molecule has 0 saturated carbocycles. The van der Waals surface area contributed by atoms with Crippen LogP contribution in [-0.2, 0) is 5.88 Å². The first-order chi connectivity index (χ1) is 6.70. The molecule has 6 heteroatoms. The Morgan fingerprint density at radius 3 is 2.86 bits per heavy atom. The first-order valence-electron chi connectivity index (χ1n) is 4.02. The summed E-state index contributed by atoms with van der Waals surface area (Å²) in [6.07, 6.45) is 0. The molecule has 0 aliphatic rings. The van der Waals surface area contributed by atoms with E-state index in [0.717, 1.165) is 5.56 Å². The molecule has 2 rings (SSSR count). The lowest BCUT2D eigenvalue weighted by Crippen LogP contribution is -2.30. The van der Waals surface area contributed by atoms with Crippen molar-refractivity contribution in [3.8, 4) is 0 Å². The van der Waals surface area contributed by atoms with Gasteiger partial charge in [0.15, 0.2) is 5.58 Å². The molecular weight excluding hydrogens is 204 g/mol. The zero-order chi connectivity index (χ0) is 10.1.